The first-order valence-electron chi connectivity index (χ1n) is 6.35. The van der Waals surface area contributed by atoms with E-state index in [0.717, 1.165) is 6.07 Å². The van der Waals surface area contributed by atoms with E-state index in [9.17, 15) is 18.8 Å². The van der Waals surface area contributed by atoms with Crippen LogP contribution in [-0.4, -0.2) is 34.5 Å². The Kier molecular flexibility index (Phi) is 5.29. The Hall–Kier alpha value is -3.36. The van der Waals surface area contributed by atoms with Gasteiger partial charge in [-0.1, -0.05) is 12.1 Å². The Morgan fingerprint density at radius 2 is 1.96 bits per heavy atom. The quantitative estimate of drug-likeness (QED) is 0.817. The van der Waals surface area contributed by atoms with Crippen molar-refractivity contribution in [2.75, 3.05) is 11.9 Å². The van der Waals surface area contributed by atoms with Gasteiger partial charge >= 0.3 is 12.0 Å². The van der Waals surface area contributed by atoms with E-state index in [1.807, 2.05) is 5.32 Å². The summed E-state index contributed by atoms with van der Waals surface area (Å²) < 4.78 is 18.0. The van der Waals surface area contributed by atoms with Crippen molar-refractivity contribution in [2.24, 2.45) is 0 Å². The molecule has 0 atom stereocenters. The fourth-order valence-corrected chi connectivity index (χ4v) is 1.49. The number of nitrogens with one attached hydrogen (secondary N) is 2. The zero-order valence-corrected chi connectivity index (χ0v) is 11.7. The second-order valence-corrected chi connectivity index (χ2v) is 4.15. The molecule has 1 aromatic carbocycles. The number of para-hydroxylation sites is 1. The first kappa shape index (κ1) is 16.0. The van der Waals surface area contributed by atoms with E-state index in [4.69, 9.17) is 0 Å². The summed E-state index contributed by atoms with van der Waals surface area (Å²) in [6.07, 6.45) is 3.83. The number of carbonyl (C=O) groups excluding carboxylic acids is 3. The molecule has 0 unspecified atom stereocenters. The number of aromatic nitrogens is 2. The van der Waals surface area contributed by atoms with Gasteiger partial charge < -0.3 is 10.1 Å². The Bertz CT molecular complexity index is 724. The molecule has 0 saturated carbocycles. The molecule has 0 saturated heterocycles. The number of nitrogens with zero attached hydrogens (tertiary/aromatic N) is 2. The molecule has 2 rings (SSSR count). The summed E-state index contributed by atoms with van der Waals surface area (Å²) in [6.45, 7) is -0.694. The zero-order valence-electron chi connectivity index (χ0n) is 11.7. The van der Waals surface area contributed by atoms with Gasteiger partial charge in [-0.25, -0.2) is 19.0 Å². The molecule has 0 radical (unpaired) electrons. The molecular weight excluding hydrogens is 307 g/mol. The van der Waals surface area contributed by atoms with Gasteiger partial charge in [-0.15, -0.1) is 0 Å². The number of benzene rings is 1. The molecule has 0 spiro atoms. The van der Waals surface area contributed by atoms with E-state index < -0.39 is 30.3 Å². The predicted octanol–water partition coefficient (Wildman–Crippen LogP) is 1.12. The van der Waals surface area contributed by atoms with Crippen LogP contribution in [0.15, 0.2) is 42.9 Å². The molecule has 9 heteroatoms. The highest BCUT2D eigenvalue weighted by Gasteiger charge is 2.14. The topological polar surface area (TPSA) is 110 Å². The lowest BCUT2D eigenvalue weighted by Crippen LogP contribution is -2.37. The molecule has 0 fully saturated rings. The van der Waals surface area contributed by atoms with Gasteiger partial charge in [0.2, 0.25) is 0 Å². The number of halogens is 1. The highest BCUT2D eigenvalue weighted by molar-refractivity contribution is 6.02. The van der Waals surface area contributed by atoms with Crippen LogP contribution in [0.4, 0.5) is 14.9 Å². The van der Waals surface area contributed by atoms with Crippen LogP contribution in [0, 0.1) is 5.82 Å². The van der Waals surface area contributed by atoms with Crippen molar-refractivity contribution >= 4 is 23.6 Å². The van der Waals surface area contributed by atoms with Crippen molar-refractivity contribution in [1.29, 1.82) is 0 Å². The molecule has 1 heterocycles. The average Bonchev–Trinajstić information content (AvgIpc) is 2.55. The Morgan fingerprint density at radius 3 is 2.65 bits per heavy atom. The monoisotopic (exact) mass is 318 g/mol. The van der Waals surface area contributed by atoms with Crippen LogP contribution in [0.2, 0.25) is 0 Å². The summed E-state index contributed by atoms with van der Waals surface area (Å²) in [5, 5.41) is 4.05. The maximum absolute atomic E-state index is 13.3. The summed E-state index contributed by atoms with van der Waals surface area (Å²) in [7, 11) is 0. The van der Waals surface area contributed by atoms with Crippen molar-refractivity contribution in [3.05, 3.63) is 54.4 Å². The summed E-state index contributed by atoms with van der Waals surface area (Å²) in [6, 6.07) is 4.50. The van der Waals surface area contributed by atoms with Crippen molar-refractivity contribution in [3.63, 3.8) is 0 Å². The Labute approximate surface area is 129 Å². The fraction of sp³-hybridized carbons (Fsp3) is 0.0714. The largest absolute Gasteiger partial charge is 0.451 e. The maximum Gasteiger partial charge on any atom is 0.359 e. The number of anilines is 1. The lowest BCUT2D eigenvalue weighted by Gasteiger charge is -2.07. The molecule has 0 bridgehead atoms. The highest BCUT2D eigenvalue weighted by Crippen LogP contribution is 2.11. The molecule has 2 aromatic rings. The number of hydrogen-bond donors (Lipinski definition) is 2. The van der Waals surface area contributed by atoms with Crippen molar-refractivity contribution in [2.45, 2.75) is 0 Å². The van der Waals surface area contributed by atoms with Crippen LogP contribution in [0.25, 0.3) is 0 Å². The van der Waals surface area contributed by atoms with E-state index >= 15 is 0 Å². The Morgan fingerprint density at radius 1 is 1.17 bits per heavy atom. The zero-order chi connectivity index (χ0) is 16.7. The van der Waals surface area contributed by atoms with Crippen LogP contribution in [-0.2, 0) is 9.53 Å². The van der Waals surface area contributed by atoms with Gasteiger partial charge in [-0.05, 0) is 12.1 Å². The fourth-order valence-electron chi connectivity index (χ4n) is 1.49. The number of amides is 3. The predicted molar refractivity (Wildman–Crippen MR) is 75.9 cm³/mol. The number of urea groups is 1. The Balaban J connectivity index is 1.79. The van der Waals surface area contributed by atoms with Crippen LogP contribution in [0.3, 0.4) is 0 Å². The van der Waals surface area contributed by atoms with Crippen molar-refractivity contribution in [3.8, 4) is 0 Å². The summed E-state index contributed by atoms with van der Waals surface area (Å²) >= 11 is 0. The van der Waals surface area contributed by atoms with E-state index in [1.54, 1.807) is 0 Å². The number of imide groups is 1. The van der Waals surface area contributed by atoms with Crippen LogP contribution >= 0.6 is 0 Å². The van der Waals surface area contributed by atoms with Gasteiger partial charge in [-0.3, -0.25) is 15.1 Å². The van der Waals surface area contributed by atoms with Gasteiger partial charge in [0.1, 0.15) is 5.82 Å². The number of ether oxygens (including phenoxy) is 1. The lowest BCUT2D eigenvalue weighted by atomic mass is 10.3. The molecule has 118 valence electrons. The molecule has 8 nitrogen and oxygen atoms in total. The molecule has 0 aliphatic rings. The minimum atomic E-state index is -0.948. The maximum atomic E-state index is 13.3. The molecule has 2 N–H and O–H groups in total. The van der Waals surface area contributed by atoms with Gasteiger partial charge in [0.25, 0.3) is 5.91 Å². The van der Waals surface area contributed by atoms with Gasteiger partial charge in [0.05, 0.1) is 11.9 Å². The smallest absolute Gasteiger partial charge is 0.359 e. The second kappa shape index (κ2) is 7.59. The van der Waals surface area contributed by atoms with Gasteiger partial charge in [0, 0.05) is 12.4 Å². The standard InChI is InChI=1S/C14H11FN4O4/c15-9-3-1-2-4-10(9)18-14(22)19-12(20)8-23-13(21)11-7-16-5-6-17-11/h1-7H,8H2,(H2,18,19,20,22). The van der Waals surface area contributed by atoms with Crippen LogP contribution < -0.4 is 10.6 Å². The van der Waals surface area contributed by atoms with Gasteiger partial charge in [0.15, 0.2) is 12.3 Å². The second-order valence-electron chi connectivity index (χ2n) is 4.15. The SMILES string of the molecule is O=C(COC(=O)c1cnccn1)NC(=O)Nc1ccccc1F. The van der Waals surface area contributed by atoms with E-state index in [1.165, 1.54) is 36.8 Å². The minimum absolute atomic E-state index is 0.0730. The molecular formula is C14H11FN4O4. The average molecular weight is 318 g/mol. The third kappa shape index (κ3) is 4.84. The van der Waals surface area contributed by atoms with Crippen molar-refractivity contribution in [1.82, 2.24) is 15.3 Å². The summed E-state index contributed by atoms with van der Waals surface area (Å²) in [5.41, 5.74) is -0.162. The molecule has 23 heavy (non-hydrogen) atoms. The van der Waals surface area contributed by atoms with E-state index in [0.29, 0.717) is 0 Å². The normalized spacial score (nSPS) is 9.78. The summed E-state index contributed by atoms with van der Waals surface area (Å²) in [4.78, 5) is 41.9. The van der Waals surface area contributed by atoms with Crippen LogP contribution in [0.5, 0.6) is 0 Å². The molecule has 0 aliphatic heterocycles. The van der Waals surface area contributed by atoms with Gasteiger partial charge in [-0.2, -0.15) is 0 Å². The molecule has 1 aromatic heterocycles. The van der Waals surface area contributed by atoms with Crippen LogP contribution in [0.1, 0.15) is 10.5 Å². The highest BCUT2D eigenvalue weighted by atomic mass is 19.1. The summed E-state index contributed by atoms with van der Waals surface area (Å²) in [5.74, 6) is -2.39. The van der Waals surface area contributed by atoms with E-state index in [-0.39, 0.29) is 11.4 Å². The molecule has 3 amide bonds. The lowest BCUT2D eigenvalue weighted by molar-refractivity contribution is -0.123. The van der Waals surface area contributed by atoms with Crippen molar-refractivity contribution < 1.29 is 23.5 Å². The number of rotatable bonds is 4. The van der Waals surface area contributed by atoms with E-state index in [2.05, 4.69) is 20.0 Å². The number of esters is 1. The third-order valence-electron chi connectivity index (χ3n) is 2.48. The number of carbonyl (C=O) groups is 3. The number of hydrogen-bond acceptors (Lipinski definition) is 6. The first-order valence-corrected chi connectivity index (χ1v) is 6.35. The third-order valence-corrected chi connectivity index (χ3v) is 2.48. The first-order chi connectivity index (χ1) is 11.1. The minimum Gasteiger partial charge on any atom is -0.451 e. The molecule has 0 aliphatic carbocycles.